The summed E-state index contributed by atoms with van der Waals surface area (Å²) in [5, 5.41) is 3.35. The van der Waals surface area contributed by atoms with Crippen LogP contribution in [-0.4, -0.2) is 54.5 Å². The van der Waals surface area contributed by atoms with E-state index >= 15 is 0 Å². The number of rotatable bonds is 10. The third-order valence-corrected chi connectivity index (χ3v) is 6.18. The van der Waals surface area contributed by atoms with E-state index in [1.54, 1.807) is 11.8 Å². The maximum absolute atomic E-state index is 13.1. The van der Waals surface area contributed by atoms with Gasteiger partial charge >= 0.3 is 5.97 Å². The fourth-order valence-electron chi connectivity index (χ4n) is 4.34. The number of ether oxygens (including phenoxy) is 1. The van der Waals surface area contributed by atoms with Gasteiger partial charge in [0.15, 0.2) is 0 Å². The third-order valence-electron chi connectivity index (χ3n) is 6.18. The van der Waals surface area contributed by atoms with E-state index in [9.17, 15) is 9.59 Å². The lowest BCUT2D eigenvalue weighted by molar-refractivity contribution is -0.148. The Bertz CT molecular complexity index is 927. The lowest BCUT2D eigenvalue weighted by Crippen LogP contribution is -2.39. The molecule has 2 aromatic rings. The number of hydrogen-bond acceptors (Lipinski definition) is 5. The van der Waals surface area contributed by atoms with Crippen molar-refractivity contribution in [3.63, 3.8) is 0 Å². The molecule has 32 heavy (non-hydrogen) atoms. The van der Waals surface area contributed by atoms with Gasteiger partial charge in [-0.05, 0) is 54.9 Å². The van der Waals surface area contributed by atoms with Gasteiger partial charge in [-0.2, -0.15) is 0 Å². The zero-order valence-corrected chi connectivity index (χ0v) is 18.9. The number of anilines is 1. The van der Waals surface area contributed by atoms with Gasteiger partial charge in [-0.15, -0.1) is 0 Å². The summed E-state index contributed by atoms with van der Waals surface area (Å²) in [6.45, 7) is 5.81. The highest BCUT2D eigenvalue weighted by molar-refractivity contribution is 5.85. The Morgan fingerprint density at radius 3 is 2.69 bits per heavy atom. The van der Waals surface area contributed by atoms with Gasteiger partial charge in [0.05, 0.1) is 13.2 Å². The molecule has 1 fully saturated rings. The van der Waals surface area contributed by atoms with E-state index in [0.29, 0.717) is 13.2 Å². The van der Waals surface area contributed by atoms with Gasteiger partial charge in [-0.1, -0.05) is 42.5 Å². The van der Waals surface area contributed by atoms with Crippen molar-refractivity contribution in [3.8, 4) is 0 Å². The largest absolute Gasteiger partial charge is 0.465 e. The molecule has 6 nitrogen and oxygen atoms in total. The maximum Gasteiger partial charge on any atom is 0.325 e. The lowest BCUT2D eigenvalue weighted by Gasteiger charge is -2.30. The van der Waals surface area contributed by atoms with Crippen LogP contribution in [0.15, 0.2) is 48.5 Å². The van der Waals surface area contributed by atoms with Crippen LogP contribution in [0.1, 0.15) is 36.5 Å². The summed E-state index contributed by atoms with van der Waals surface area (Å²) in [5.41, 5.74) is 4.67. The van der Waals surface area contributed by atoms with Crippen LogP contribution in [0.25, 0.3) is 0 Å². The summed E-state index contributed by atoms with van der Waals surface area (Å²) < 4.78 is 5.08. The van der Waals surface area contributed by atoms with Gasteiger partial charge in [-0.25, -0.2) is 0 Å². The molecule has 1 amide bonds. The van der Waals surface area contributed by atoms with Crippen LogP contribution in [0.4, 0.5) is 5.69 Å². The normalized spacial score (nSPS) is 15.7. The summed E-state index contributed by atoms with van der Waals surface area (Å²) in [4.78, 5) is 29.3. The molecule has 1 N–H and O–H groups in total. The highest BCUT2D eigenvalue weighted by atomic mass is 16.5. The minimum Gasteiger partial charge on any atom is -0.465 e. The molecule has 0 radical (unpaired) electrons. The molecule has 0 unspecified atom stereocenters. The molecule has 0 atom stereocenters. The number of fused-ring (bicyclic) bond motifs is 1. The van der Waals surface area contributed by atoms with Crippen molar-refractivity contribution in [1.29, 1.82) is 0 Å². The van der Waals surface area contributed by atoms with Gasteiger partial charge < -0.3 is 15.0 Å². The zero-order chi connectivity index (χ0) is 22.3. The molecule has 2 aliphatic rings. The Kier molecular flexibility index (Phi) is 7.43. The first-order valence-corrected chi connectivity index (χ1v) is 11.7. The number of carbonyl (C=O) groups excluding carboxylic acids is 2. The van der Waals surface area contributed by atoms with Gasteiger partial charge in [0.25, 0.3) is 0 Å². The van der Waals surface area contributed by atoms with Crippen LogP contribution < -0.4 is 5.32 Å². The molecule has 4 rings (SSSR count). The van der Waals surface area contributed by atoms with Gasteiger partial charge in [-0.3, -0.25) is 14.5 Å². The zero-order valence-electron chi connectivity index (χ0n) is 18.9. The monoisotopic (exact) mass is 435 g/mol. The van der Waals surface area contributed by atoms with Crippen LogP contribution in [0.5, 0.6) is 0 Å². The SMILES string of the molecule is CCOC(=O)CN(Cc1ccccc1)C(=O)CNc1cccc2c1CCN(CC1CC1)C2. The molecule has 1 heterocycles. The first-order valence-electron chi connectivity index (χ1n) is 11.7. The van der Waals surface area contributed by atoms with Crippen LogP contribution in [0.3, 0.4) is 0 Å². The fourth-order valence-corrected chi connectivity index (χ4v) is 4.34. The van der Waals surface area contributed by atoms with E-state index in [-0.39, 0.29) is 25.0 Å². The first kappa shape index (κ1) is 22.3. The highest BCUT2D eigenvalue weighted by Gasteiger charge is 2.27. The Labute approximate surface area is 190 Å². The molecular formula is C26H33N3O3. The molecule has 1 aliphatic heterocycles. The molecule has 1 saturated carbocycles. The summed E-state index contributed by atoms with van der Waals surface area (Å²) in [5.74, 6) is 0.390. The van der Waals surface area contributed by atoms with Crippen LogP contribution in [0, 0.1) is 5.92 Å². The first-order chi connectivity index (χ1) is 15.6. The van der Waals surface area contributed by atoms with Crippen molar-refractivity contribution >= 4 is 17.6 Å². The molecule has 1 aliphatic carbocycles. The van der Waals surface area contributed by atoms with Crippen LogP contribution in [0.2, 0.25) is 0 Å². The van der Waals surface area contributed by atoms with E-state index in [0.717, 1.165) is 36.7 Å². The van der Waals surface area contributed by atoms with E-state index in [1.165, 1.54) is 30.5 Å². The Hall–Kier alpha value is -2.86. The number of benzene rings is 2. The van der Waals surface area contributed by atoms with Crippen molar-refractivity contribution in [2.24, 2.45) is 5.92 Å². The average Bonchev–Trinajstić information content (AvgIpc) is 3.61. The Morgan fingerprint density at radius 1 is 1.12 bits per heavy atom. The summed E-state index contributed by atoms with van der Waals surface area (Å²) in [7, 11) is 0. The number of amides is 1. The number of esters is 1. The second-order valence-corrected chi connectivity index (χ2v) is 8.77. The fraction of sp³-hybridized carbons (Fsp3) is 0.462. The van der Waals surface area contributed by atoms with Gasteiger partial charge in [0.1, 0.15) is 6.54 Å². The molecular weight excluding hydrogens is 402 g/mol. The average molecular weight is 436 g/mol. The highest BCUT2D eigenvalue weighted by Crippen LogP contribution is 2.32. The number of nitrogens with one attached hydrogen (secondary N) is 1. The number of carbonyl (C=O) groups is 2. The third kappa shape index (κ3) is 6.10. The molecule has 170 valence electrons. The Morgan fingerprint density at radius 2 is 1.94 bits per heavy atom. The number of nitrogens with zero attached hydrogens (tertiary/aromatic N) is 2. The van der Waals surface area contributed by atoms with Crippen molar-refractivity contribution < 1.29 is 14.3 Å². The lowest BCUT2D eigenvalue weighted by atomic mass is 9.97. The minimum absolute atomic E-state index is 0.0493. The van der Waals surface area contributed by atoms with E-state index in [2.05, 4.69) is 28.4 Å². The summed E-state index contributed by atoms with van der Waals surface area (Å²) in [6, 6.07) is 16.0. The van der Waals surface area contributed by atoms with Gasteiger partial charge in [0.2, 0.25) is 5.91 Å². The molecule has 2 aromatic carbocycles. The van der Waals surface area contributed by atoms with Crippen molar-refractivity contribution in [1.82, 2.24) is 9.80 Å². The van der Waals surface area contributed by atoms with E-state index in [4.69, 9.17) is 4.74 Å². The molecule has 0 bridgehead atoms. The predicted octanol–water partition coefficient (Wildman–Crippen LogP) is 3.46. The smallest absolute Gasteiger partial charge is 0.325 e. The van der Waals surface area contributed by atoms with E-state index in [1.807, 2.05) is 30.3 Å². The molecule has 0 aromatic heterocycles. The minimum atomic E-state index is -0.385. The quantitative estimate of drug-likeness (QED) is 0.579. The van der Waals surface area contributed by atoms with Crippen molar-refractivity contribution in [3.05, 3.63) is 65.2 Å². The maximum atomic E-state index is 13.1. The molecule has 0 saturated heterocycles. The van der Waals surface area contributed by atoms with Crippen LogP contribution in [-0.2, 0) is 33.8 Å². The molecule has 6 heteroatoms. The number of hydrogen-bond donors (Lipinski definition) is 1. The van der Waals surface area contributed by atoms with E-state index < -0.39 is 0 Å². The molecule has 0 spiro atoms. The van der Waals surface area contributed by atoms with Gasteiger partial charge in [0, 0.05) is 31.9 Å². The second kappa shape index (κ2) is 10.6. The standard InChI is InChI=1S/C26H33N3O3/c1-2-32-26(31)19-29(17-20-7-4-3-5-8-20)25(30)15-27-24-10-6-9-22-18-28(14-13-23(22)24)16-21-11-12-21/h3-10,21,27H,2,11-19H2,1H3. The van der Waals surface area contributed by atoms with Crippen molar-refractivity contribution in [2.75, 3.05) is 38.1 Å². The topological polar surface area (TPSA) is 61.9 Å². The second-order valence-electron chi connectivity index (χ2n) is 8.77. The Balaban J connectivity index is 1.39. The van der Waals surface area contributed by atoms with Crippen molar-refractivity contribution in [2.45, 2.75) is 39.3 Å². The summed E-state index contributed by atoms with van der Waals surface area (Å²) >= 11 is 0. The van der Waals surface area contributed by atoms with Crippen LogP contribution >= 0.6 is 0 Å². The summed E-state index contributed by atoms with van der Waals surface area (Å²) in [6.07, 6.45) is 3.74. The predicted molar refractivity (Wildman–Crippen MR) is 125 cm³/mol.